The van der Waals surface area contributed by atoms with Gasteiger partial charge in [-0.2, -0.15) is 8.42 Å². The van der Waals surface area contributed by atoms with Gasteiger partial charge >= 0.3 is 0 Å². The van der Waals surface area contributed by atoms with Crippen molar-refractivity contribution in [2.45, 2.75) is 19.2 Å². The second kappa shape index (κ2) is 5.13. The molecular weight excluding hydrogens is 222 g/mol. The summed E-state index contributed by atoms with van der Waals surface area (Å²) in [6.45, 7) is 6.36. The number of carbonyl (C=O) groups is 1. The molecule has 7 heteroatoms. The van der Waals surface area contributed by atoms with Crippen LogP contribution in [0.15, 0.2) is 12.3 Å². The first-order chi connectivity index (χ1) is 6.70. The molecule has 0 saturated carbocycles. The number of amides is 1. The third-order valence-electron chi connectivity index (χ3n) is 1.70. The molecule has 0 aromatic rings. The molecule has 88 valence electrons. The van der Waals surface area contributed by atoms with Crippen LogP contribution in [-0.2, 0) is 19.6 Å². The fourth-order valence-electron chi connectivity index (χ4n) is 0.887. The van der Waals surface area contributed by atoms with E-state index in [1.54, 1.807) is 13.8 Å². The Morgan fingerprint density at radius 1 is 1.47 bits per heavy atom. The highest BCUT2D eigenvalue weighted by molar-refractivity contribution is 7.86. The summed E-state index contributed by atoms with van der Waals surface area (Å²) in [5, 5.41) is 0.742. The van der Waals surface area contributed by atoms with Crippen molar-refractivity contribution < 1.29 is 22.5 Å². The summed E-state index contributed by atoms with van der Waals surface area (Å²) >= 11 is 0. The SMILES string of the molecule is C=C(OC)C(=O)NC(C(C)C)S(=O)(=O)O. The number of hydrogen-bond acceptors (Lipinski definition) is 4. The lowest BCUT2D eigenvalue weighted by Crippen LogP contribution is -2.44. The maximum atomic E-state index is 11.2. The number of hydrogen-bond donors (Lipinski definition) is 2. The van der Waals surface area contributed by atoms with E-state index in [4.69, 9.17) is 4.55 Å². The van der Waals surface area contributed by atoms with Crippen molar-refractivity contribution in [1.82, 2.24) is 5.32 Å². The number of rotatable bonds is 5. The monoisotopic (exact) mass is 237 g/mol. The van der Waals surface area contributed by atoms with Gasteiger partial charge in [0.2, 0.25) is 0 Å². The summed E-state index contributed by atoms with van der Waals surface area (Å²) in [6, 6.07) is 0. The first kappa shape index (κ1) is 13.9. The molecule has 1 amide bonds. The maximum Gasteiger partial charge on any atom is 0.286 e. The van der Waals surface area contributed by atoms with E-state index in [0.717, 1.165) is 0 Å². The van der Waals surface area contributed by atoms with Crippen LogP contribution < -0.4 is 5.32 Å². The van der Waals surface area contributed by atoms with Gasteiger partial charge in [0.05, 0.1) is 7.11 Å². The van der Waals surface area contributed by atoms with Crippen molar-refractivity contribution in [3.8, 4) is 0 Å². The number of ether oxygens (including phenoxy) is 1. The van der Waals surface area contributed by atoms with Gasteiger partial charge in [0.15, 0.2) is 11.1 Å². The summed E-state index contributed by atoms with van der Waals surface area (Å²) in [7, 11) is -3.09. The predicted octanol–water partition coefficient (Wildman–Crippen LogP) is 0.133. The highest BCUT2D eigenvalue weighted by atomic mass is 32.2. The minimum Gasteiger partial charge on any atom is -0.492 e. The number of methoxy groups -OCH3 is 1. The molecule has 0 bridgehead atoms. The van der Waals surface area contributed by atoms with Gasteiger partial charge < -0.3 is 10.1 Å². The molecule has 0 spiro atoms. The fraction of sp³-hybridized carbons (Fsp3) is 0.625. The van der Waals surface area contributed by atoms with E-state index in [1.165, 1.54) is 7.11 Å². The zero-order chi connectivity index (χ0) is 12.2. The van der Waals surface area contributed by atoms with E-state index < -0.39 is 27.3 Å². The Morgan fingerprint density at radius 3 is 2.20 bits per heavy atom. The summed E-state index contributed by atoms with van der Waals surface area (Å²) in [5.41, 5.74) is 0. The summed E-state index contributed by atoms with van der Waals surface area (Å²) in [6.07, 6.45) is 0. The normalized spacial score (nSPS) is 13.4. The molecule has 0 rings (SSSR count). The van der Waals surface area contributed by atoms with Crippen LogP contribution in [0.4, 0.5) is 0 Å². The Hall–Kier alpha value is -1.08. The first-order valence-electron chi connectivity index (χ1n) is 4.20. The molecule has 0 heterocycles. The lowest BCUT2D eigenvalue weighted by molar-refractivity contribution is -0.120. The largest absolute Gasteiger partial charge is 0.492 e. The molecule has 0 radical (unpaired) electrons. The standard InChI is InChI=1S/C8H15NO5S/c1-5(2)8(15(11,12)13)9-7(10)6(3)14-4/h5,8H,3H2,1-2,4H3,(H,9,10)(H,11,12,13). The van der Waals surface area contributed by atoms with Crippen LogP contribution in [0.2, 0.25) is 0 Å². The average Bonchev–Trinajstić information content (AvgIpc) is 2.09. The van der Waals surface area contributed by atoms with Gasteiger partial charge in [-0.25, -0.2) is 0 Å². The molecule has 0 aromatic carbocycles. The van der Waals surface area contributed by atoms with E-state index >= 15 is 0 Å². The molecule has 2 N–H and O–H groups in total. The second-order valence-corrected chi connectivity index (χ2v) is 4.82. The molecular formula is C8H15NO5S. The highest BCUT2D eigenvalue weighted by Gasteiger charge is 2.29. The second-order valence-electron chi connectivity index (χ2n) is 3.28. The highest BCUT2D eigenvalue weighted by Crippen LogP contribution is 2.08. The van der Waals surface area contributed by atoms with Crippen LogP contribution in [0, 0.1) is 5.92 Å². The van der Waals surface area contributed by atoms with E-state index in [0.29, 0.717) is 0 Å². The lowest BCUT2D eigenvalue weighted by Gasteiger charge is -2.19. The van der Waals surface area contributed by atoms with Gasteiger partial charge in [-0.05, 0) is 5.92 Å². The van der Waals surface area contributed by atoms with Crippen LogP contribution in [0.1, 0.15) is 13.8 Å². The number of carbonyl (C=O) groups excluding carboxylic acids is 1. The van der Waals surface area contributed by atoms with Crippen LogP contribution >= 0.6 is 0 Å². The maximum absolute atomic E-state index is 11.2. The van der Waals surface area contributed by atoms with Crippen molar-refractivity contribution in [1.29, 1.82) is 0 Å². The molecule has 15 heavy (non-hydrogen) atoms. The van der Waals surface area contributed by atoms with E-state index in [1.807, 2.05) is 0 Å². The third kappa shape index (κ3) is 4.30. The predicted molar refractivity (Wildman–Crippen MR) is 54.5 cm³/mol. The van der Waals surface area contributed by atoms with Crippen LogP contribution in [0.5, 0.6) is 0 Å². The Bertz CT molecular complexity index is 346. The van der Waals surface area contributed by atoms with Gasteiger partial charge in [0.25, 0.3) is 16.0 Å². The Morgan fingerprint density at radius 2 is 1.93 bits per heavy atom. The first-order valence-corrected chi connectivity index (χ1v) is 5.70. The molecule has 0 aliphatic carbocycles. The fourth-order valence-corrected chi connectivity index (χ4v) is 1.83. The van der Waals surface area contributed by atoms with Gasteiger partial charge in [-0.15, -0.1) is 0 Å². The molecule has 0 fully saturated rings. The molecule has 0 saturated heterocycles. The van der Waals surface area contributed by atoms with Gasteiger partial charge in [0.1, 0.15) is 0 Å². The Balaban J connectivity index is 4.73. The van der Waals surface area contributed by atoms with Crippen molar-refractivity contribution >= 4 is 16.0 Å². The van der Waals surface area contributed by atoms with Crippen molar-refractivity contribution in [2.75, 3.05) is 7.11 Å². The van der Waals surface area contributed by atoms with Crippen LogP contribution in [-0.4, -0.2) is 31.4 Å². The van der Waals surface area contributed by atoms with Crippen LogP contribution in [0.25, 0.3) is 0 Å². The van der Waals surface area contributed by atoms with E-state index in [9.17, 15) is 13.2 Å². The molecule has 0 aliphatic rings. The summed E-state index contributed by atoms with van der Waals surface area (Å²) in [5.74, 6) is -1.45. The van der Waals surface area contributed by atoms with Crippen LogP contribution in [0.3, 0.4) is 0 Å². The summed E-state index contributed by atoms with van der Waals surface area (Å²) in [4.78, 5) is 11.2. The van der Waals surface area contributed by atoms with Gasteiger partial charge in [0, 0.05) is 0 Å². The minimum atomic E-state index is -4.33. The topological polar surface area (TPSA) is 92.7 Å². The average molecular weight is 237 g/mol. The third-order valence-corrected chi connectivity index (χ3v) is 3.00. The lowest BCUT2D eigenvalue weighted by atomic mass is 10.2. The van der Waals surface area contributed by atoms with Crippen molar-refractivity contribution in [3.05, 3.63) is 12.3 Å². The summed E-state index contributed by atoms with van der Waals surface area (Å²) < 4.78 is 35.1. The van der Waals surface area contributed by atoms with Crippen molar-refractivity contribution in [3.63, 3.8) is 0 Å². The molecule has 6 nitrogen and oxygen atoms in total. The molecule has 0 aliphatic heterocycles. The smallest absolute Gasteiger partial charge is 0.286 e. The van der Waals surface area contributed by atoms with Gasteiger partial charge in [-0.3, -0.25) is 9.35 Å². The van der Waals surface area contributed by atoms with Crippen molar-refractivity contribution in [2.24, 2.45) is 5.92 Å². The minimum absolute atomic E-state index is 0.218. The Kier molecular flexibility index (Phi) is 4.76. The zero-order valence-corrected chi connectivity index (χ0v) is 9.67. The molecule has 0 aromatic heterocycles. The quantitative estimate of drug-likeness (QED) is 0.403. The van der Waals surface area contributed by atoms with E-state index in [2.05, 4.69) is 16.6 Å². The zero-order valence-electron chi connectivity index (χ0n) is 8.85. The van der Waals surface area contributed by atoms with E-state index in [-0.39, 0.29) is 5.76 Å². The van der Waals surface area contributed by atoms with Gasteiger partial charge in [-0.1, -0.05) is 20.4 Å². The molecule has 1 atom stereocenters. The molecule has 1 unspecified atom stereocenters. The number of nitrogens with one attached hydrogen (secondary N) is 1. The Labute approximate surface area is 89.1 Å².